The molecule has 0 saturated carbocycles. The van der Waals surface area contributed by atoms with Crippen molar-refractivity contribution in [1.29, 1.82) is 0 Å². The Labute approximate surface area is 726 Å². The molecule has 16 heteroatoms. The van der Waals surface area contributed by atoms with Crippen LogP contribution in [0.15, 0.2) is 389 Å². The van der Waals surface area contributed by atoms with Gasteiger partial charge in [0.2, 0.25) is 0 Å². The molecule has 11 aromatic heterocycles. The molecule has 2 aliphatic heterocycles. The Morgan fingerprint density at radius 3 is 0.477 bits per heavy atom. The number of rotatable bonds is 8. The summed E-state index contributed by atoms with van der Waals surface area (Å²) in [5, 5.41) is 19.6. The number of aromatic amines is 2. The second kappa shape index (κ2) is 25.9. The van der Waals surface area contributed by atoms with Crippen LogP contribution in [0.5, 0.6) is 0 Å². The molecular formula is C112H66N16. The second-order valence-electron chi connectivity index (χ2n) is 33.5. The van der Waals surface area contributed by atoms with E-state index in [1.165, 1.54) is 0 Å². The molecule has 0 amide bonds. The zero-order chi connectivity index (χ0) is 83.2. The van der Waals surface area contributed by atoms with E-state index in [0.717, 1.165) is 220 Å². The van der Waals surface area contributed by atoms with E-state index in [-0.39, 0.29) is 0 Å². The van der Waals surface area contributed by atoms with Gasteiger partial charge in [0.1, 0.15) is 22.6 Å². The number of hydrogen-bond acceptors (Lipinski definition) is 6. The van der Waals surface area contributed by atoms with E-state index in [4.69, 9.17) is 29.9 Å². The number of nitrogens with zero attached hydrogens (tertiary/aromatic N) is 14. The predicted molar refractivity (Wildman–Crippen MR) is 521 cm³/mol. The van der Waals surface area contributed by atoms with Gasteiger partial charge < -0.3 is 46.5 Å². The summed E-state index contributed by atoms with van der Waals surface area (Å²) < 4.78 is 18.8. The lowest BCUT2D eigenvalue weighted by atomic mass is 9.95. The molecule has 594 valence electrons. The van der Waals surface area contributed by atoms with Crippen molar-refractivity contribution >= 4 is 174 Å². The Hall–Kier alpha value is -17.8. The van der Waals surface area contributed by atoms with Gasteiger partial charge in [0.25, 0.3) is 0 Å². The number of benzene rings is 16. The molecule has 0 aliphatic carbocycles. The van der Waals surface area contributed by atoms with Gasteiger partial charge in [-0.05, 0) is 140 Å². The highest BCUT2D eigenvalue weighted by Crippen LogP contribution is 2.55. The maximum Gasteiger partial charge on any atom is 0.166 e. The third-order valence-corrected chi connectivity index (χ3v) is 27.0. The summed E-state index contributed by atoms with van der Waals surface area (Å²) in [4.78, 5) is 46.9. The third kappa shape index (κ3) is 9.49. The van der Waals surface area contributed by atoms with E-state index in [1.807, 2.05) is 0 Å². The first-order chi connectivity index (χ1) is 63.5. The van der Waals surface area contributed by atoms with Crippen molar-refractivity contribution < 1.29 is 0 Å². The molecule has 8 bridgehead atoms. The van der Waals surface area contributed by atoms with Crippen LogP contribution >= 0.6 is 0 Å². The fourth-order valence-electron chi connectivity index (χ4n) is 21.6. The van der Waals surface area contributed by atoms with Crippen LogP contribution < -0.4 is 0 Å². The molecule has 13 heterocycles. The smallest absolute Gasteiger partial charge is 0.166 e. The molecular weight excluding hydrogens is 1570 g/mol. The maximum atomic E-state index is 6.46. The SMILES string of the molecule is c1ccc2c(c1)ccn2-c1c2c(c(-n3ccc4ccccc43)c3ccccc13)-c1nc-2nc2[nH]c(nc3nc(nc4[nH]c(n1)c1c(-n5ccc6ccccc65)c5ccccc5c(-n5ccc6ccccc65)c41)-c1c-3c(-n3ccc4ccccc43)c3ccccc3c1-n1ccc3ccccc31)c1c(-n3ccc4ccccc43)c3ccccc3c(-n3ccc4ccccc43)c21. The second-order valence-corrected chi connectivity index (χ2v) is 33.5. The van der Waals surface area contributed by atoms with Gasteiger partial charge in [0.15, 0.2) is 23.3 Å². The lowest BCUT2D eigenvalue weighted by Gasteiger charge is -2.21. The van der Waals surface area contributed by atoms with Gasteiger partial charge in [-0.15, -0.1) is 0 Å². The Balaban J connectivity index is 0.917. The minimum absolute atomic E-state index is 0.416. The number of para-hydroxylation sites is 8. The number of H-pyrrole nitrogens is 2. The van der Waals surface area contributed by atoms with Crippen LogP contribution in [0, 0.1) is 0 Å². The minimum atomic E-state index is 0.416. The first-order valence-electron chi connectivity index (χ1n) is 43.2. The van der Waals surface area contributed by atoms with Gasteiger partial charge in [-0.25, -0.2) is 29.9 Å². The van der Waals surface area contributed by atoms with Gasteiger partial charge in [-0.3, -0.25) is 0 Å². The van der Waals surface area contributed by atoms with Crippen LogP contribution in [-0.4, -0.2) is 76.4 Å². The minimum Gasteiger partial charge on any atom is -0.324 e. The molecule has 16 aromatic carbocycles. The molecule has 2 aliphatic rings. The Bertz CT molecular complexity index is 8680. The van der Waals surface area contributed by atoms with Crippen molar-refractivity contribution in [1.82, 2.24) is 76.4 Å². The molecule has 0 fully saturated rings. The van der Waals surface area contributed by atoms with E-state index in [2.05, 4.69) is 436 Å². The van der Waals surface area contributed by atoms with Crippen LogP contribution in [0.1, 0.15) is 0 Å². The summed E-state index contributed by atoms with van der Waals surface area (Å²) in [5.74, 6) is 1.67. The van der Waals surface area contributed by atoms with Crippen LogP contribution in [0.3, 0.4) is 0 Å². The van der Waals surface area contributed by atoms with Crippen molar-refractivity contribution in [3.8, 4) is 91.1 Å². The van der Waals surface area contributed by atoms with Gasteiger partial charge >= 0.3 is 0 Å². The van der Waals surface area contributed by atoms with Crippen LogP contribution in [0.25, 0.3) is 265 Å². The standard InChI is InChI=1S/C112H66N16/c1-17-41-81-65(25-1)49-57-121(81)97-73-33-9-10-34-74(73)98(122-58-50-66-26-2-18-42-82(66)122)90-89(97)105-113-106(90)118-108-93-94(102(126-62-54-70-30-6-22-46-86(70)126)78-38-14-13-37-77(78)101(93)125-61-53-69-29-5-21-45-85(69)125)110(115-108)120-112-96-95(103(127-63-55-71-31-7-23-47-87(71)127)79-39-15-16-40-80(79)104(96)128-64-56-72-32-8-24-48-88(72)128)111(116-112)119-109-92-91(107(114-109)117-105)99(123-59-51-67-27-3-19-43-83(67)123)75-35-11-12-36-76(75)100(92)124-60-52-68-28-4-20-44-84(68)124/h1-64H,(H2,113,114,115,116,117,118,119,120). The zero-order valence-corrected chi connectivity index (χ0v) is 68.2. The van der Waals surface area contributed by atoms with Gasteiger partial charge in [0.05, 0.1) is 133 Å². The highest BCUT2D eigenvalue weighted by atomic mass is 15.1. The summed E-state index contributed by atoms with van der Waals surface area (Å²) in [6.45, 7) is 0. The number of aromatic nitrogens is 16. The lowest BCUT2D eigenvalue weighted by molar-refractivity contribution is 1.12. The Morgan fingerprint density at radius 2 is 0.297 bits per heavy atom. The van der Waals surface area contributed by atoms with Crippen molar-refractivity contribution in [2.75, 3.05) is 0 Å². The summed E-state index contributed by atoms with van der Waals surface area (Å²) in [7, 11) is 0. The molecule has 0 unspecified atom stereocenters. The fraction of sp³-hybridized carbons (Fsp3) is 0. The largest absolute Gasteiger partial charge is 0.324 e. The van der Waals surface area contributed by atoms with Crippen LogP contribution in [0.2, 0.25) is 0 Å². The summed E-state index contributed by atoms with van der Waals surface area (Å²) >= 11 is 0. The first kappa shape index (κ1) is 68.8. The van der Waals surface area contributed by atoms with E-state index >= 15 is 0 Å². The summed E-state index contributed by atoms with van der Waals surface area (Å²) in [6.07, 6.45) is 17.7. The van der Waals surface area contributed by atoms with E-state index in [0.29, 0.717) is 45.9 Å². The molecule has 27 aromatic rings. The van der Waals surface area contributed by atoms with Gasteiger partial charge in [-0.2, -0.15) is 0 Å². The van der Waals surface area contributed by atoms with Gasteiger partial charge in [0, 0.05) is 92.7 Å². The van der Waals surface area contributed by atoms with E-state index < -0.39 is 0 Å². The average Bonchev–Trinajstić information content (AvgIpc) is 1.52. The Kier molecular flexibility index (Phi) is 13.9. The summed E-state index contributed by atoms with van der Waals surface area (Å²) in [6, 6.07) is 122. The molecule has 16 nitrogen and oxygen atoms in total. The maximum absolute atomic E-state index is 6.46. The van der Waals surface area contributed by atoms with Crippen LogP contribution in [-0.2, 0) is 0 Å². The Morgan fingerprint density at radius 1 is 0.148 bits per heavy atom. The monoisotopic (exact) mass is 1630 g/mol. The lowest BCUT2D eigenvalue weighted by Crippen LogP contribution is -2.04. The fourth-order valence-corrected chi connectivity index (χ4v) is 21.6. The van der Waals surface area contributed by atoms with Crippen molar-refractivity contribution in [3.05, 3.63) is 389 Å². The quantitative estimate of drug-likeness (QED) is 0.155. The molecule has 2 N–H and O–H groups in total. The normalized spacial score (nSPS) is 12.4. The van der Waals surface area contributed by atoms with Crippen molar-refractivity contribution in [3.63, 3.8) is 0 Å². The number of fused-ring (bicyclic) bond motifs is 32. The third-order valence-electron chi connectivity index (χ3n) is 27.0. The highest BCUT2D eigenvalue weighted by Gasteiger charge is 2.37. The first-order valence-corrected chi connectivity index (χ1v) is 43.2. The number of nitrogens with one attached hydrogen (secondary N) is 2. The average molecular weight is 1640 g/mol. The van der Waals surface area contributed by atoms with Gasteiger partial charge in [-0.1, -0.05) is 243 Å². The van der Waals surface area contributed by atoms with Crippen LogP contribution in [0.4, 0.5) is 0 Å². The molecule has 0 atom stereocenters. The van der Waals surface area contributed by atoms with E-state index in [9.17, 15) is 0 Å². The van der Waals surface area contributed by atoms with E-state index in [1.54, 1.807) is 0 Å². The highest BCUT2D eigenvalue weighted by molar-refractivity contribution is 6.27. The number of hydrogen-bond donors (Lipinski definition) is 2. The molecule has 0 saturated heterocycles. The molecule has 128 heavy (non-hydrogen) atoms. The van der Waals surface area contributed by atoms with Crippen molar-refractivity contribution in [2.24, 2.45) is 0 Å². The summed E-state index contributed by atoms with van der Waals surface area (Å²) in [5.41, 5.74) is 20.3. The molecule has 0 radical (unpaired) electrons. The topological polar surface area (TPSA) is 148 Å². The zero-order valence-electron chi connectivity index (χ0n) is 68.2. The molecule has 29 rings (SSSR count). The molecule has 0 spiro atoms. The predicted octanol–water partition coefficient (Wildman–Crippen LogP) is 27.0. The van der Waals surface area contributed by atoms with Crippen molar-refractivity contribution in [2.45, 2.75) is 0 Å².